The van der Waals surface area contributed by atoms with Crippen molar-refractivity contribution in [2.75, 3.05) is 0 Å². The van der Waals surface area contributed by atoms with Crippen molar-refractivity contribution in [2.24, 2.45) is 0 Å². The van der Waals surface area contributed by atoms with Crippen molar-refractivity contribution < 1.29 is 4.39 Å². The molecule has 3 heteroatoms. The van der Waals surface area contributed by atoms with Crippen LogP contribution in [0.25, 0.3) is 11.1 Å². The van der Waals surface area contributed by atoms with Crippen molar-refractivity contribution >= 4 is 0 Å². The lowest BCUT2D eigenvalue weighted by Crippen LogP contribution is -2.21. The van der Waals surface area contributed by atoms with Crippen LogP contribution in [-0.4, -0.2) is 6.04 Å². The Morgan fingerprint density at radius 1 is 1.19 bits per heavy atom. The maximum Gasteiger partial charge on any atom is 0.125 e. The molecule has 0 saturated heterocycles. The van der Waals surface area contributed by atoms with E-state index in [2.05, 4.69) is 25.2 Å². The Balaban J connectivity index is 2.33. The normalized spacial score (nSPS) is 10.7. The third-order valence-corrected chi connectivity index (χ3v) is 3.34. The van der Waals surface area contributed by atoms with E-state index in [0.29, 0.717) is 11.6 Å². The molecule has 21 heavy (non-hydrogen) atoms. The predicted molar refractivity (Wildman–Crippen MR) is 83.3 cm³/mol. The summed E-state index contributed by atoms with van der Waals surface area (Å²) in [6.07, 6.45) is 0. The van der Waals surface area contributed by atoms with E-state index in [-0.39, 0.29) is 5.82 Å². The zero-order valence-electron chi connectivity index (χ0n) is 12.6. The van der Waals surface area contributed by atoms with E-state index in [0.717, 1.165) is 23.2 Å². The molecule has 1 N–H and O–H groups in total. The molecule has 0 heterocycles. The van der Waals surface area contributed by atoms with Crippen molar-refractivity contribution in [3.05, 3.63) is 58.9 Å². The van der Waals surface area contributed by atoms with Crippen LogP contribution < -0.4 is 5.32 Å². The minimum absolute atomic E-state index is 0.343. The molecule has 0 spiro atoms. The van der Waals surface area contributed by atoms with Gasteiger partial charge >= 0.3 is 0 Å². The Kier molecular flexibility index (Phi) is 4.72. The van der Waals surface area contributed by atoms with Gasteiger partial charge in [0.15, 0.2) is 0 Å². The van der Waals surface area contributed by atoms with Crippen molar-refractivity contribution in [1.82, 2.24) is 5.32 Å². The molecule has 0 fully saturated rings. The van der Waals surface area contributed by atoms with Gasteiger partial charge in [-0.1, -0.05) is 32.0 Å². The summed E-state index contributed by atoms with van der Waals surface area (Å²) < 4.78 is 13.6. The van der Waals surface area contributed by atoms with Crippen LogP contribution in [0.5, 0.6) is 0 Å². The van der Waals surface area contributed by atoms with E-state index >= 15 is 0 Å². The number of aryl methyl sites for hydroxylation is 1. The maximum atomic E-state index is 13.6. The van der Waals surface area contributed by atoms with Crippen LogP contribution in [0.3, 0.4) is 0 Å². The Hall–Kier alpha value is -2.18. The van der Waals surface area contributed by atoms with Crippen LogP contribution in [0.2, 0.25) is 0 Å². The SMILES string of the molecule is Cc1cc(CNC(C)C)ccc1-c1cc(F)cc(C#N)c1. The zero-order valence-corrected chi connectivity index (χ0v) is 12.6. The van der Waals surface area contributed by atoms with Crippen molar-refractivity contribution in [1.29, 1.82) is 5.26 Å². The number of halogens is 1. The molecule has 0 saturated carbocycles. The van der Waals surface area contributed by atoms with Gasteiger partial charge in [0.2, 0.25) is 0 Å². The minimum atomic E-state index is -0.381. The molecule has 0 amide bonds. The first-order valence-electron chi connectivity index (χ1n) is 7.03. The second-order valence-corrected chi connectivity index (χ2v) is 5.53. The Morgan fingerprint density at radius 3 is 2.57 bits per heavy atom. The van der Waals surface area contributed by atoms with E-state index in [1.165, 1.54) is 17.7 Å². The van der Waals surface area contributed by atoms with Crippen LogP contribution >= 0.6 is 0 Å². The summed E-state index contributed by atoms with van der Waals surface area (Å²) in [7, 11) is 0. The number of nitriles is 1. The second-order valence-electron chi connectivity index (χ2n) is 5.53. The average molecular weight is 282 g/mol. The van der Waals surface area contributed by atoms with E-state index in [1.54, 1.807) is 6.07 Å². The molecule has 108 valence electrons. The molecule has 2 aromatic rings. The molecule has 0 bridgehead atoms. The Labute approximate surface area is 125 Å². The average Bonchev–Trinajstić information content (AvgIpc) is 2.44. The highest BCUT2D eigenvalue weighted by Gasteiger charge is 2.07. The number of nitrogens with one attached hydrogen (secondary N) is 1. The molecule has 0 aliphatic carbocycles. The standard InChI is InChI=1S/C18H19FN2/c1-12(2)21-11-14-4-5-18(13(3)6-14)16-7-15(10-20)8-17(19)9-16/h4-9,12,21H,11H2,1-3H3. The first-order valence-corrected chi connectivity index (χ1v) is 7.03. The summed E-state index contributed by atoms with van der Waals surface area (Å²) in [4.78, 5) is 0. The highest BCUT2D eigenvalue weighted by atomic mass is 19.1. The van der Waals surface area contributed by atoms with Gasteiger partial charge in [-0.15, -0.1) is 0 Å². The summed E-state index contributed by atoms with van der Waals surface area (Å²) >= 11 is 0. The van der Waals surface area contributed by atoms with Gasteiger partial charge in [0.05, 0.1) is 11.6 Å². The molecule has 2 nitrogen and oxygen atoms in total. The van der Waals surface area contributed by atoms with Gasteiger partial charge in [0, 0.05) is 12.6 Å². The molecule has 0 aliphatic rings. The molecule has 0 unspecified atom stereocenters. The smallest absolute Gasteiger partial charge is 0.125 e. The van der Waals surface area contributed by atoms with Crippen molar-refractivity contribution in [3.63, 3.8) is 0 Å². The first-order chi connectivity index (χ1) is 9.99. The molecule has 0 radical (unpaired) electrons. The lowest BCUT2D eigenvalue weighted by atomic mass is 9.97. The van der Waals surface area contributed by atoms with Gasteiger partial charge in [-0.3, -0.25) is 0 Å². The van der Waals surface area contributed by atoms with Crippen molar-refractivity contribution in [2.45, 2.75) is 33.4 Å². The van der Waals surface area contributed by atoms with Crippen LogP contribution in [-0.2, 0) is 6.54 Å². The molecule has 0 atom stereocenters. The topological polar surface area (TPSA) is 35.8 Å². The molecular weight excluding hydrogens is 263 g/mol. The van der Waals surface area contributed by atoms with Crippen LogP contribution in [0.15, 0.2) is 36.4 Å². The van der Waals surface area contributed by atoms with E-state index < -0.39 is 0 Å². The number of rotatable bonds is 4. The summed E-state index contributed by atoms with van der Waals surface area (Å²) in [6.45, 7) is 7.03. The highest BCUT2D eigenvalue weighted by Crippen LogP contribution is 2.26. The number of benzene rings is 2. The van der Waals surface area contributed by atoms with E-state index in [4.69, 9.17) is 5.26 Å². The summed E-state index contributed by atoms with van der Waals surface area (Å²) in [5.41, 5.74) is 4.32. The molecule has 0 aliphatic heterocycles. The summed E-state index contributed by atoms with van der Waals surface area (Å²) in [5.74, 6) is -0.381. The van der Waals surface area contributed by atoms with Gasteiger partial charge in [-0.2, -0.15) is 5.26 Å². The second kappa shape index (κ2) is 6.51. The van der Waals surface area contributed by atoms with Crippen LogP contribution in [0.1, 0.15) is 30.5 Å². The molecule has 2 rings (SSSR count). The lowest BCUT2D eigenvalue weighted by Gasteiger charge is -2.12. The van der Waals surface area contributed by atoms with Crippen LogP contribution in [0.4, 0.5) is 4.39 Å². The maximum absolute atomic E-state index is 13.6. The van der Waals surface area contributed by atoms with Gasteiger partial charge in [0.1, 0.15) is 5.82 Å². The largest absolute Gasteiger partial charge is 0.310 e. The van der Waals surface area contributed by atoms with E-state index in [1.807, 2.05) is 25.1 Å². The Morgan fingerprint density at radius 2 is 1.95 bits per heavy atom. The third kappa shape index (κ3) is 3.90. The van der Waals surface area contributed by atoms with Crippen molar-refractivity contribution in [3.8, 4) is 17.2 Å². The quantitative estimate of drug-likeness (QED) is 0.913. The minimum Gasteiger partial charge on any atom is -0.310 e. The summed E-state index contributed by atoms with van der Waals surface area (Å²) in [6, 6.07) is 13.0. The van der Waals surface area contributed by atoms with Gasteiger partial charge < -0.3 is 5.32 Å². The highest BCUT2D eigenvalue weighted by molar-refractivity contribution is 5.69. The Bertz CT molecular complexity index is 684. The fourth-order valence-electron chi connectivity index (χ4n) is 2.29. The number of nitrogens with zero attached hydrogens (tertiary/aromatic N) is 1. The number of hydrogen-bond donors (Lipinski definition) is 1. The fourth-order valence-corrected chi connectivity index (χ4v) is 2.29. The first kappa shape index (κ1) is 15.2. The monoisotopic (exact) mass is 282 g/mol. The van der Waals surface area contributed by atoms with Crippen LogP contribution in [0, 0.1) is 24.1 Å². The lowest BCUT2D eigenvalue weighted by molar-refractivity contribution is 0.589. The van der Waals surface area contributed by atoms with Gasteiger partial charge in [0.25, 0.3) is 0 Å². The number of hydrogen-bond acceptors (Lipinski definition) is 2. The third-order valence-electron chi connectivity index (χ3n) is 3.34. The van der Waals surface area contributed by atoms with Gasteiger partial charge in [-0.05, 0) is 47.4 Å². The molecular formula is C18H19FN2. The molecule has 0 aromatic heterocycles. The fraction of sp³-hybridized carbons (Fsp3) is 0.278. The zero-order chi connectivity index (χ0) is 15.4. The predicted octanol–water partition coefficient (Wildman–Crippen LogP) is 4.17. The molecule has 2 aromatic carbocycles. The van der Waals surface area contributed by atoms with Gasteiger partial charge in [-0.25, -0.2) is 4.39 Å². The van der Waals surface area contributed by atoms with E-state index in [9.17, 15) is 4.39 Å². The summed E-state index contributed by atoms with van der Waals surface area (Å²) in [5, 5.41) is 12.3.